The molecule has 4 heteroatoms. The SMILES string of the molecule is CCN(CC1CCN(Cc2ccccc2)C1)C(=O)CCC(C)N. The van der Waals surface area contributed by atoms with Crippen LogP contribution in [0.5, 0.6) is 0 Å². The maximum atomic E-state index is 12.3. The summed E-state index contributed by atoms with van der Waals surface area (Å²) in [7, 11) is 0. The van der Waals surface area contributed by atoms with E-state index in [9.17, 15) is 4.79 Å². The van der Waals surface area contributed by atoms with Gasteiger partial charge in [-0.2, -0.15) is 0 Å². The Morgan fingerprint density at radius 1 is 1.39 bits per heavy atom. The van der Waals surface area contributed by atoms with Gasteiger partial charge in [0.15, 0.2) is 0 Å². The van der Waals surface area contributed by atoms with Crippen molar-refractivity contribution < 1.29 is 4.79 Å². The van der Waals surface area contributed by atoms with Crippen LogP contribution in [0.1, 0.15) is 38.7 Å². The van der Waals surface area contributed by atoms with E-state index in [-0.39, 0.29) is 11.9 Å². The second-order valence-corrected chi connectivity index (χ2v) is 6.82. The van der Waals surface area contributed by atoms with E-state index in [1.165, 1.54) is 12.0 Å². The highest BCUT2D eigenvalue weighted by Gasteiger charge is 2.25. The minimum atomic E-state index is 0.102. The summed E-state index contributed by atoms with van der Waals surface area (Å²) < 4.78 is 0. The fourth-order valence-corrected chi connectivity index (χ4v) is 3.28. The van der Waals surface area contributed by atoms with Crippen LogP contribution in [0.15, 0.2) is 30.3 Å². The van der Waals surface area contributed by atoms with Crippen molar-refractivity contribution in [2.24, 2.45) is 11.7 Å². The number of nitrogens with zero attached hydrogens (tertiary/aromatic N) is 2. The van der Waals surface area contributed by atoms with Crippen LogP contribution in [0, 0.1) is 5.92 Å². The quantitative estimate of drug-likeness (QED) is 0.801. The molecule has 0 spiro atoms. The largest absolute Gasteiger partial charge is 0.343 e. The molecule has 1 aromatic carbocycles. The summed E-state index contributed by atoms with van der Waals surface area (Å²) in [4.78, 5) is 16.8. The van der Waals surface area contributed by atoms with Gasteiger partial charge in [-0.05, 0) is 44.7 Å². The predicted molar refractivity (Wildman–Crippen MR) is 95.0 cm³/mol. The number of likely N-dealkylation sites (tertiary alicyclic amines) is 1. The van der Waals surface area contributed by atoms with Crippen molar-refractivity contribution >= 4 is 5.91 Å². The van der Waals surface area contributed by atoms with Crippen molar-refractivity contribution in [1.82, 2.24) is 9.80 Å². The Balaban J connectivity index is 1.78. The van der Waals surface area contributed by atoms with Crippen LogP contribution in [-0.2, 0) is 11.3 Å². The smallest absolute Gasteiger partial charge is 0.222 e. The molecule has 0 saturated carbocycles. The van der Waals surface area contributed by atoms with Crippen molar-refractivity contribution in [3.8, 4) is 0 Å². The second kappa shape index (κ2) is 9.04. The number of benzene rings is 1. The highest BCUT2D eigenvalue weighted by molar-refractivity contribution is 5.76. The first kappa shape index (κ1) is 18.0. The van der Waals surface area contributed by atoms with Gasteiger partial charge in [0.05, 0.1) is 0 Å². The average molecular weight is 317 g/mol. The zero-order valence-electron chi connectivity index (χ0n) is 14.6. The number of rotatable bonds is 8. The zero-order valence-corrected chi connectivity index (χ0v) is 14.6. The minimum Gasteiger partial charge on any atom is -0.343 e. The first-order valence-corrected chi connectivity index (χ1v) is 8.88. The molecule has 23 heavy (non-hydrogen) atoms. The van der Waals surface area contributed by atoms with Gasteiger partial charge in [0, 0.05) is 38.6 Å². The van der Waals surface area contributed by atoms with Gasteiger partial charge in [-0.3, -0.25) is 9.69 Å². The molecule has 128 valence electrons. The van der Waals surface area contributed by atoms with E-state index < -0.39 is 0 Å². The Hall–Kier alpha value is -1.39. The molecule has 2 unspecified atom stereocenters. The Bertz CT molecular complexity index is 475. The zero-order chi connectivity index (χ0) is 16.7. The molecular weight excluding hydrogens is 286 g/mol. The van der Waals surface area contributed by atoms with Gasteiger partial charge >= 0.3 is 0 Å². The topological polar surface area (TPSA) is 49.6 Å². The van der Waals surface area contributed by atoms with Crippen molar-refractivity contribution in [1.29, 1.82) is 0 Å². The molecule has 0 radical (unpaired) electrons. The van der Waals surface area contributed by atoms with Gasteiger partial charge in [0.2, 0.25) is 5.91 Å². The van der Waals surface area contributed by atoms with Crippen LogP contribution in [0.3, 0.4) is 0 Å². The third kappa shape index (κ3) is 5.96. The normalized spacial score (nSPS) is 19.7. The van der Waals surface area contributed by atoms with Gasteiger partial charge in [-0.15, -0.1) is 0 Å². The first-order chi connectivity index (χ1) is 11.1. The molecule has 2 rings (SSSR count). The van der Waals surface area contributed by atoms with Crippen molar-refractivity contribution in [3.05, 3.63) is 35.9 Å². The number of amides is 1. The molecule has 1 aliphatic heterocycles. The molecule has 0 aliphatic carbocycles. The third-order valence-corrected chi connectivity index (χ3v) is 4.65. The molecule has 1 aromatic rings. The molecule has 0 bridgehead atoms. The Labute approximate surface area is 140 Å². The molecule has 1 saturated heterocycles. The predicted octanol–water partition coefficient (Wildman–Crippen LogP) is 2.48. The number of hydrogen-bond donors (Lipinski definition) is 1. The van der Waals surface area contributed by atoms with Crippen LogP contribution in [-0.4, -0.2) is 47.9 Å². The Kier molecular flexibility index (Phi) is 7.06. The van der Waals surface area contributed by atoms with Crippen LogP contribution in [0.4, 0.5) is 0 Å². The van der Waals surface area contributed by atoms with Gasteiger partial charge in [-0.25, -0.2) is 0 Å². The van der Waals surface area contributed by atoms with E-state index in [4.69, 9.17) is 5.73 Å². The van der Waals surface area contributed by atoms with Crippen LogP contribution in [0.25, 0.3) is 0 Å². The van der Waals surface area contributed by atoms with E-state index in [0.29, 0.717) is 12.3 Å². The van der Waals surface area contributed by atoms with Crippen LogP contribution >= 0.6 is 0 Å². The lowest BCUT2D eigenvalue weighted by Crippen LogP contribution is -2.36. The summed E-state index contributed by atoms with van der Waals surface area (Å²) in [6, 6.07) is 10.7. The first-order valence-electron chi connectivity index (χ1n) is 8.88. The molecule has 1 amide bonds. The highest BCUT2D eigenvalue weighted by atomic mass is 16.2. The molecule has 1 heterocycles. The number of carbonyl (C=O) groups excluding carboxylic acids is 1. The third-order valence-electron chi connectivity index (χ3n) is 4.65. The van der Waals surface area contributed by atoms with Crippen molar-refractivity contribution in [3.63, 3.8) is 0 Å². The maximum Gasteiger partial charge on any atom is 0.222 e. The van der Waals surface area contributed by atoms with Crippen LogP contribution in [0.2, 0.25) is 0 Å². The summed E-state index contributed by atoms with van der Waals surface area (Å²) in [6.45, 7) is 8.95. The maximum absolute atomic E-state index is 12.3. The van der Waals surface area contributed by atoms with Crippen LogP contribution < -0.4 is 5.73 Å². The fourth-order valence-electron chi connectivity index (χ4n) is 3.28. The standard InChI is InChI=1S/C19H31N3O/c1-3-22(19(23)10-9-16(2)20)15-18-11-12-21(14-18)13-17-7-5-4-6-8-17/h4-8,16,18H,3,9-15,20H2,1-2H3. The highest BCUT2D eigenvalue weighted by Crippen LogP contribution is 2.20. The Morgan fingerprint density at radius 2 is 2.13 bits per heavy atom. The van der Waals surface area contributed by atoms with Crippen molar-refractivity contribution in [2.75, 3.05) is 26.2 Å². The summed E-state index contributed by atoms with van der Waals surface area (Å²) in [6.07, 6.45) is 2.54. The second-order valence-electron chi connectivity index (χ2n) is 6.82. The number of nitrogens with two attached hydrogens (primary N) is 1. The molecule has 1 aliphatic rings. The van der Waals surface area contributed by atoms with E-state index in [2.05, 4.69) is 42.2 Å². The Morgan fingerprint density at radius 3 is 2.78 bits per heavy atom. The molecule has 1 fully saturated rings. The molecule has 2 N–H and O–H groups in total. The molecule has 0 aromatic heterocycles. The fraction of sp³-hybridized carbons (Fsp3) is 0.632. The van der Waals surface area contributed by atoms with E-state index in [0.717, 1.165) is 39.1 Å². The van der Waals surface area contributed by atoms with E-state index in [1.54, 1.807) is 0 Å². The number of hydrogen-bond acceptors (Lipinski definition) is 3. The van der Waals surface area contributed by atoms with Gasteiger partial charge in [0.25, 0.3) is 0 Å². The monoisotopic (exact) mass is 317 g/mol. The average Bonchev–Trinajstić information content (AvgIpc) is 2.98. The van der Waals surface area contributed by atoms with E-state index >= 15 is 0 Å². The van der Waals surface area contributed by atoms with Crippen molar-refractivity contribution in [2.45, 2.75) is 45.7 Å². The number of carbonyl (C=O) groups is 1. The summed E-state index contributed by atoms with van der Waals surface area (Å²) in [5, 5.41) is 0. The lowest BCUT2D eigenvalue weighted by atomic mass is 10.1. The van der Waals surface area contributed by atoms with Gasteiger partial charge in [0.1, 0.15) is 0 Å². The lowest BCUT2D eigenvalue weighted by molar-refractivity contribution is -0.131. The summed E-state index contributed by atoms with van der Waals surface area (Å²) >= 11 is 0. The summed E-state index contributed by atoms with van der Waals surface area (Å²) in [5.74, 6) is 0.851. The van der Waals surface area contributed by atoms with Gasteiger partial charge < -0.3 is 10.6 Å². The van der Waals surface area contributed by atoms with Gasteiger partial charge in [-0.1, -0.05) is 30.3 Å². The lowest BCUT2D eigenvalue weighted by Gasteiger charge is -2.25. The molecule has 2 atom stereocenters. The molecule has 4 nitrogen and oxygen atoms in total. The summed E-state index contributed by atoms with van der Waals surface area (Å²) in [5.41, 5.74) is 7.13. The minimum absolute atomic E-state index is 0.102. The van der Waals surface area contributed by atoms with E-state index in [1.807, 2.05) is 11.8 Å². The molecular formula is C19H31N3O.